The number of amides is 1. The van der Waals surface area contributed by atoms with Crippen LogP contribution in [0.15, 0.2) is 41.5 Å². The Bertz CT molecular complexity index is 1160. The van der Waals surface area contributed by atoms with Crippen LogP contribution in [0.3, 0.4) is 0 Å². The average Bonchev–Trinajstić information content (AvgIpc) is 2.98. The first kappa shape index (κ1) is 15.0. The summed E-state index contributed by atoms with van der Waals surface area (Å²) < 4.78 is 9.79. The summed E-state index contributed by atoms with van der Waals surface area (Å²) in [6.07, 6.45) is 4.24. The smallest absolute Gasteiger partial charge is 0.271 e. The number of carbonyl (C=O) groups is 1. The zero-order chi connectivity index (χ0) is 19.3. The molecule has 7 nitrogen and oxygen atoms in total. The van der Waals surface area contributed by atoms with E-state index in [-0.39, 0.29) is 23.2 Å². The second-order valence-electron chi connectivity index (χ2n) is 7.55. The van der Waals surface area contributed by atoms with Crippen molar-refractivity contribution in [3.63, 3.8) is 0 Å². The SMILES string of the molecule is [2H]c1nc2c(=NC)cc3[nH]n2c1C(=O)NCC1(CCC1)Cc1cccc(c1)N3. The monoisotopic (exact) mass is 363 g/mol. The fraction of sp³-hybridized carbons (Fsp3) is 0.350. The standard InChI is InChI=1S/C20H22N6O/c1-21-15-9-17-24-14-5-2-4-13(8-14)10-20(6-3-7-20)12-23-19(27)16-11-22-18(15)26(16)25-17/h2,4-5,8-9,11,24-25H,3,6-7,10,12H2,1H3,(H,23,27)/i11D. The summed E-state index contributed by atoms with van der Waals surface area (Å²) in [5.41, 5.74) is 2.97. The lowest BCUT2D eigenvalue weighted by Crippen LogP contribution is -2.43. The van der Waals surface area contributed by atoms with Gasteiger partial charge in [0, 0.05) is 25.3 Å². The third-order valence-electron chi connectivity index (χ3n) is 5.72. The van der Waals surface area contributed by atoms with Crippen LogP contribution in [0.1, 0.15) is 36.7 Å². The van der Waals surface area contributed by atoms with Crippen LogP contribution < -0.4 is 16.0 Å². The molecule has 0 radical (unpaired) electrons. The number of benzene rings is 1. The molecule has 1 amide bonds. The molecule has 0 unspecified atom stereocenters. The van der Waals surface area contributed by atoms with Gasteiger partial charge in [-0.05, 0) is 42.4 Å². The molecule has 0 saturated heterocycles. The highest BCUT2D eigenvalue weighted by Crippen LogP contribution is 2.43. The van der Waals surface area contributed by atoms with Crippen LogP contribution in [0.2, 0.25) is 0 Å². The van der Waals surface area contributed by atoms with Crippen molar-refractivity contribution in [2.24, 2.45) is 10.4 Å². The zero-order valence-electron chi connectivity index (χ0n) is 16.2. The minimum atomic E-state index is -0.287. The third kappa shape index (κ3) is 2.70. The van der Waals surface area contributed by atoms with Gasteiger partial charge in [0.05, 0.1) is 7.54 Å². The average molecular weight is 363 g/mol. The van der Waals surface area contributed by atoms with Gasteiger partial charge in [0.25, 0.3) is 5.91 Å². The summed E-state index contributed by atoms with van der Waals surface area (Å²) in [5, 5.41) is 10.2. The van der Waals surface area contributed by atoms with Crippen molar-refractivity contribution < 1.29 is 6.17 Å². The highest BCUT2D eigenvalue weighted by molar-refractivity contribution is 5.93. The minimum Gasteiger partial charge on any atom is -0.350 e. The molecule has 4 bridgehead atoms. The summed E-state index contributed by atoms with van der Waals surface area (Å²) >= 11 is 0. The number of anilines is 2. The van der Waals surface area contributed by atoms with Crippen molar-refractivity contribution in [2.45, 2.75) is 25.7 Å². The maximum Gasteiger partial charge on any atom is 0.271 e. The number of carbonyl (C=O) groups excluding carboxylic acids is 1. The number of imidazole rings is 1. The molecule has 2 aromatic heterocycles. The van der Waals surface area contributed by atoms with Crippen molar-refractivity contribution in [1.29, 1.82) is 0 Å². The number of aromatic nitrogens is 3. The first-order valence-corrected chi connectivity index (χ1v) is 9.26. The molecule has 1 aromatic carbocycles. The van der Waals surface area contributed by atoms with Crippen LogP contribution >= 0.6 is 0 Å². The second-order valence-corrected chi connectivity index (χ2v) is 7.55. The summed E-state index contributed by atoms with van der Waals surface area (Å²) in [7, 11) is 1.67. The van der Waals surface area contributed by atoms with Crippen molar-refractivity contribution >= 4 is 23.1 Å². The van der Waals surface area contributed by atoms with E-state index >= 15 is 0 Å². The Hall–Kier alpha value is -3.09. The highest BCUT2D eigenvalue weighted by Gasteiger charge is 2.37. The van der Waals surface area contributed by atoms with Gasteiger partial charge < -0.3 is 10.6 Å². The lowest BCUT2D eigenvalue weighted by atomic mass is 9.65. The van der Waals surface area contributed by atoms with Crippen LogP contribution in [0.4, 0.5) is 11.5 Å². The first-order chi connectivity index (χ1) is 13.6. The quantitative estimate of drug-likeness (QED) is 0.573. The largest absolute Gasteiger partial charge is 0.350 e. The van der Waals surface area contributed by atoms with E-state index in [4.69, 9.17) is 1.37 Å². The van der Waals surface area contributed by atoms with Crippen LogP contribution in [0.25, 0.3) is 5.65 Å². The number of nitrogens with one attached hydrogen (secondary N) is 3. The molecular formula is C20H22N6O. The van der Waals surface area contributed by atoms with Crippen LogP contribution in [-0.4, -0.2) is 34.1 Å². The summed E-state index contributed by atoms with van der Waals surface area (Å²) in [6, 6.07) is 10.2. The predicted octanol–water partition coefficient (Wildman–Crippen LogP) is 2.39. The van der Waals surface area contributed by atoms with Crippen molar-refractivity contribution in [3.8, 4) is 0 Å². The molecule has 1 saturated carbocycles. The summed E-state index contributed by atoms with van der Waals surface area (Å²) in [5.74, 6) is 0.388. The lowest BCUT2D eigenvalue weighted by molar-refractivity contribution is 0.0853. The molecule has 5 rings (SSSR count). The molecule has 1 aliphatic carbocycles. The number of rotatable bonds is 0. The number of hydrogen-bond donors (Lipinski definition) is 3. The maximum atomic E-state index is 13.0. The van der Waals surface area contributed by atoms with Gasteiger partial charge in [-0.3, -0.25) is 14.9 Å². The Labute approximate surface area is 157 Å². The normalized spacial score (nSPS) is 19.5. The zero-order valence-corrected chi connectivity index (χ0v) is 15.2. The molecule has 3 N–H and O–H groups in total. The summed E-state index contributed by atoms with van der Waals surface area (Å²) in [4.78, 5) is 21.5. The van der Waals surface area contributed by atoms with Crippen LogP contribution in [0, 0.1) is 5.41 Å². The molecule has 3 heterocycles. The molecule has 1 spiro atoms. The van der Waals surface area contributed by atoms with E-state index in [0.717, 1.165) is 24.9 Å². The molecular weight excluding hydrogens is 340 g/mol. The molecule has 138 valence electrons. The number of nitrogens with zero attached hydrogens (tertiary/aromatic N) is 3. The molecule has 1 fully saturated rings. The predicted molar refractivity (Wildman–Crippen MR) is 103 cm³/mol. The molecule has 0 atom stereocenters. The number of hydrogen-bond acceptors (Lipinski definition) is 4. The van der Waals surface area contributed by atoms with Gasteiger partial charge in [-0.2, -0.15) is 0 Å². The van der Waals surface area contributed by atoms with Gasteiger partial charge in [0.1, 0.15) is 16.9 Å². The summed E-state index contributed by atoms with van der Waals surface area (Å²) in [6.45, 7) is 0.598. The lowest BCUT2D eigenvalue weighted by Gasteiger charge is -2.42. The van der Waals surface area contributed by atoms with Gasteiger partial charge in [-0.25, -0.2) is 9.50 Å². The number of aromatic amines is 1. The number of H-pyrrole nitrogens is 1. The van der Waals surface area contributed by atoms with E-state index in [1.807, 2.05) is 12.1 Å². The molecule has 3 aromatic rings. The van der Waals surface area contributed by atoms with Gasteiger partial charge >= 0.3 is 0 Å². The third-order valence-corrected chi connectivity index (χ3v) is 5.72. The second kappa shape index (κ2) is 5.97. The molecule has 27 heavy (non-hydrogen) atoms. The first-order valence-electron chi connectivity index (χ1n) is 9.76. The Kier molecular flexibility index (Phi) is 3.32. The Balaban J connectivity index is 1.71. The Morgan fingerprint density at radius 2 is 2.22 bits per heavy atom. The fourth-order valence-corrected chi connectivity index (χ4v) is 4.12. The van der Waals surface area contributed by atoms with Crippen molar-refractivity contribution in [1.82, 2.24) is 19.9 Å². The van der Waals surface area contributed by atoms with Crippen LogP contribution in [0.5, 0.6) is 0 Å². The Morgan fingerprint density at radius 3 is 3.00 bits per heavy atom. The van der Waals surface area contributed by atoms with E-state index in [1.165, 1.54) is 12.0 Å². The number of fused-ring (bicyclic) bond motifs is 3. The minimum absolute atomic E-state index is 0.0612. The van der Waals surface area contributed by atoms with E-state index in [0.29, 0.717) is 23.4 Å². The van der Waals surface area contributed by atoms with Gasteiger partial charge in [-0.1, -0.05) is 18.6 Å². The van der Waals surface area contributed by atoms with E-state index < -0.39 is 0 Å². The highest BCUT2D eigenvalue weighted by atomic mass is 16.2. The van der Waals surface area contributed by atoms with E-state index in [1.54, 1.807) is 11.6 Å². The van der Waals surface area contributed by atoms with E-state index in [2.05, 4.69) is 43.9 Å². The van der Waals surface area contributed by atoms with Crippen LogP contribution in [-0.2, 0) is 6.42 Å². The van der Waals surface area contributed by atoms with Crippen molar-refractivity contribution in [3.05, 3.63) is 53.1 Å². The fourth-order valence-electron chi connectivity index (χ4n) is 4.12. The Morgan fingerprint density at radius 1 is 1.33 bits per heavy atom. The van der Waals surface area contributed by atoms with Gasteiger partial charge in [0.2, 0.25) is 0 Å². The van der Waals surface area contributed by atoms with E-state index in [9.17, 15) is 4.79 Å². The molecule has 7 heteroatoms. The van der Waals surface area contributed by atoms with Gasteiger partial charge in [-0.15, -0.1) is 0 Å². The molecule has 1 aliphatic heterocycles. The topological polar surface area (TPSA) is 86.6 Å². The van der Waals surface area contributed by atoms with Crippen molar-refractivity contribution in [2.75, 3.05) is 18.9 Å². The van der Waals surface area contributed by atoms with Gasteiger partial charge in [0.15, 0.2) is 5.65 Å². The maximum absolute atomic E-state index is 13.0. The molecule has 2 aliphatic rings.